The van der Waals surface area contributed by atoms with Crippen LogP contribution in [0.15, 0.2) is 29.6 Å². The number of benzene rings is 1. The van der Waals surface area contributed by atoms with Gasteiger partial charge in [0.25, 0.3) is 0 Å². The van der Waals surface area contributed by atoms with Crippen LogP contribution in [-0.2, 0) is 11.2 Å². The number of aromatic nitrogens is 1. The summed E-state index contributed by atoms with van der Waals surface area (Å²) in [6.07, 6.45) is 2.86. The van der Waals surface area contributed by atoms with Crippen molar-refractivity contribution in [1.82, 2.24) is 10.3 Å². The van der Waals surface area contributed by atoms with E-state index in [1.165, 1.54) is 5.56 Å². The van der Waals surface area contributed by atoms with Gasteiger partial charge in [0.05, 0.1) is 17.7 Å². The quantitative estimate of drug-likeness (QED) is 0.891. The second-order valence-electron chi connectivity index (χ2n) is 6.04. The second-order valence-corrected chi connectivity index (χ2v) is 6.90. The third kappa shape index (κ3) is 3.54. The predicted octanol–water partition coefficient (Wildman–Crippen LogP) is 2.69. The predicted molar refractivity (Wildman–Crippen MR) is 87.8 cm³/mol. The van der Waals surface area contributed by atoms with E-state index in [1.54, 1.807) is 11.3 Å². The molecule has 0 spiro atoms. The topological polar surface area (TPSA) is 62.2 Å². The van der Waals surface area contributed by atoms with Crippen LogP contribution in [-0.4, -0.2) is 28.1 Å². The van der Waals surface area contributed by atoms with Crippen LogP contribution in [0.2, 0.25) is 0 Å². The first kappa shape index (κ1) is 15.2. The third-order valence-corrected chi connectivity index (χ3v) is 5.03. The first-order chi connectivity index (χ1) is 10.5. The molecule has 3 rings (SSSR count). The van der Waals surface area contributed by atoms with Crippen LogP contribution in [0.25, 0.3) is 10.6 Å². The van der Waals surface area contributed by atoms with Gasteiger partial charge in [-0.1, -0.05) is 29.8 Å². The number of aryl methyl sites for hydroxylation is 1. The number of rotatable bonds is 5. The molecule has 0 radical (unpaired) electrons. The van der Waals surface area contributed by atoms with E-state index in [9.17, 15) is 9.90 Å². The van der Waals surface area contributed by atoms with E-state index in [0.717, 1.165) is 35.5 Å². The maximum atomic E-state index is 11.9. The Balaban J connectivity index is 1.57. The Hall–Kier alpha value is -1.72. The van der Waals surface area contributed by atoms with Crippen LogP contribution >= 0.6 is 11.3 Å². The minimum Gasteiger partial charge on any atom is -0.388 e. The third-order valence-electron chi connectivity index (χ3n) is 4.09. The lowest BCUT2D eigenvalue weighted by Crippen LogP contribution is -2.48. The highest BCUT2D eigenvalue weighted by Gasteiger charge is 2.34. The molecule has 116 valence electrons. The molecule has 1 fully saturated rings. The van der Waals surface area contributed by atoms with Crippen LogP contribution in [0, 0.1) is 6.92 Å². The van der Waals surface area contributed by atoms with Crippen molar-refractivity contribution in [2.75, 3.05) is 6.54 Å². The van der Waals surface area contributed by atoms with E-state index in [2.05, 4.69) is 29.4 Å². The summed E-state index contributed by atoms with van der Waals surface area (Å²) in [6.45, 7) is 2.40. The maximum absolute atomic E-state index is 11.9. The van der Waals surface area contributed by atoms with E-state index < -0.39 is 5.60 Å². The molecule has 1 saturated carbocycles. The molecule has 5 heteroatoms. The molecule has 2 aromatic rings. The van der Waals surface area contributed by atoms with Crippen molar-refractivity contribution < 1.29 is 9.90 Å². The van der Waals surface area contributed by atoms with E-state index in [-0.39, 0.29) is 12.3 Å². The molecule has 4 nitrogen and oxygen atoms in total. The Bertz CT molecular complexity index is 660. The molecule has 22 heavy (non-hydrogen) atoms. The summed E-state index contributed by atoms with van der Waals surface area (Å²) in [5, 5.41) is 15.6. The highest BCUT2D eigenvalue weighted by atomic mass is 32.1. The second kappa shape index (κ2) is 6.18. The van der Waals surface area contributed by atoms with Crippen LogP contribution < -0.4 is 5.32 Å². The number of hydrogen-bond acceptors (Lipinski definition) is 4. The van der Waals surface area contributed by atoms with Crippen molar-refractivity contribution in [2.45, 2.75) is 38.2 Å². The standard InChI is InChI=1S/C17H20N2O2S/c1-12-3-5-13(6-4-12)16-19-14(10-22-16)9-15(20)18-11-17(21)7-2-8-17/h3-6,10,21H,2,7-9,11H2,1H3,(H,18,20). The zero-order valence-corrected chi connectivity index (χ0v) is 13.4. The van der Waals surface area contributed by atoms with Crippen molar-refractivity contribution in [3.8, 4) is 10.6 Å². The number of carbonyl (C=O) groups excluding carboxylic acids is 1. The number of nitrogens with zero attached hydrogens (tertiary/aromatic N) is 1. The fourth-order valence-corrected chi connectivity index (χ4v) is 3.29. The summed E-state index contributed by atoms with van der Waals surface area (Å²) in [4.78, 5) is 16.5. The van der Waals surface area contributed by atoms with Gasteiger partial charge in [-0.05, 0) is 26.2 Å². The van der Waals surface area contributed by atoms with Gasteiger partial charge in [0.1, 0.15) is 5.01 Å². The molecule has 0 unspecified atom stereocenters. The molecule has 1 heterocycles. The van der Waals surface area contributed by atoms with Crippen LogP contribution in [0.4, 0.5) is 0 Å². The van der Waals surface area contributed by atoms with Crippen molar-refractivity contribution in [2.24, 2.45) is 0 Å². The summed E-state index contributed by atoms with van der Waals surface area (Å²) in [5.74, 6) is -0.0823. The number of amides is 1. The van der Waals surface area contributed by atoms with Gasteiger partial charge >= 0.3 is 0 Å². The molecule has 0 saturated heterocycles. The summed E-state index contributed by atoms with van der Waals surface area (Å²) in [5.41, 5.74) is 2.39. The average Bonchev–Trinajstić information content (AvgIpc) is 2.92. The van der Waals surface area contributed by atoms with Gasteiger partial charge in [-0.2, -0.15) is 0 Å². The molecule has 1 aliphatic rings. The summed E-state index contributed by atoms with van der Waals surface area (Å²) in [7, 11) is 0. The first-order valence-corrected chi connectivity index (χ1v) is 8.43. The minimum absolute atomic E-state index is 0.0823. The molecule has 2 N–H and O–H groups in total. The normalized spacial score (nSPS) is 16.1. The molecule has 1 aliphatic carbocycles. The van der Waals surface area contributed by atoms with Crippen molar-refractivity contribution >= 4 is 17.2 Å². The monoisotopic (exact) mass is 316 g/mol. The summed E-state index contributed by atoms with van der Waals surface area (Å²) in [6, 6.07) is 8.21. The lowest BCUT2D eigenvalue weighted by atomic mass is 9.80. The van der Waals surface area contributed by atoms with Gasteiger partial charge < -0.3 is 10.4 Å². The van der Waals surface area contributed by atoms with Crippen LogP contribution in [0.1, 0.15) is 30.5 Å². The smallest absolute Gasteiger partial charge is 0.226 e. The van der Waals surface area contributed by atoms with Crippen LogP contribution in [0.5, 0.6) is 0 Å². The number of carbonyl (C=O) groups is 1. The lowest BCUT2D eigenvalue weighted by molar-refractivity contribution is -0.122. The molecule has 0 atom stereocenters. The van der Waals surface area contributed by atoms with E-state index in [1.807, 2.05) is 17.5 Å². The van der Waals surface area contributed by atoms with Gasteiger partial charge in [0, 0.05) is 17.5 Å². The molecule has 0 aliphatic heterocycles. The van der Waals surface area contributed by atoms with Crippen molar-refractivity contribution in [1.29, 1.82) is 0 Å². The van der Waals surface area contributed by atoms with E-state index in [0.29, 0.717) is 6.54 Å². The molecular weight excluding hydrogens is 296 g/mol. The van der Waals surface area contributed by atoms with Gasteiger partial charge in [0.2, 0.25) is 5.91 Å². The van der Waals surface area contributed by atoms with Gasteiger partial charge in [-0.25, -0.2) is 4.98 Å². The Morgan fingerprint density at radius 2 is 2.09 bits per heavy atom. The number of thiazole rings is 1. The largest absolute Gasteiger partial charge is 0.388 e. The van der Waals surface area contributed by atoms with Gasteiger partial charge in [-0.15, -0.1) is 11.3 Å². The Kier molecular flexibility index (Phi) is 4.27. The molecule has 1 aromatic carbocycles. The Morgan fingerprint density at radius 1 is 1.36 bits per heavy atom. The highest BCUT2D eigenvalue weighted by molar-refractivity contribution is 7.13. The number of aliphatic hydroxyl groups is 1. The number of hydrogen-bond donors (Lipinski definition) is 2. The summed E-state index contributed by atoms with van der Waals surface area (Å²) >= 11 is 1.55. The zero-order valence-electron chi connectivity index (χ0n) is 12.6. The molecular formula is C17H20N2O2S. The number of nitrogens with one attached hydrogen (secondary N) is 1. The average molecular weight is 316 g/mol. The van der Waals surface area contributed by atoms with Crippen molar-refractivity contribution in [3.05, 3.63) is 40.9 Å². The minimum atomic E-state index is -0.676. The zero-order chi connectivity index (χ0) is 15.6. The fourth-order valence-electron chi connectivity index (χ4n) is 2.47. The van der Waals surface area contributed by atoms with Crippen molar-refractivity contribution in [3.63, 3.8) is 0 Å². The van der Waals surface area contributed by atoms with Crippen LogP contribution in [0.3, 0.4) is 0 Å². The molecule has 1 aromatic heterocycles. The summed E-state index contributed by atoms with van der Waals surface area (Å²) < 4.78 is 0. The van der Waals surface area contributed by atoms with E-state index in [4.69, 9.17) is 0 Å². The first-order valence-electron chi connectivity index (χ1n) is 7.55. The maximum Gasteiger partial charge on any atom is 0.226 e. The fraction of sp³-hybridized carbons (Fsp3) is 0.412. The lowest BCUT2D eigenvalue weighted by Gasteiger charge is -2.36. The highest BCUT2D eigenvalue weighted by Crippen LogP contribution is 2.30. The molecule has 1 amide bonds. The Labute approximate surface area is 134 Å². The van der Waals surface area contributed by atoms with Gasteiger partial charge in [-0.3, -0.25) is 4.79 Å². The van der Waals surface area contributed by atoms with E-state index >= 15 is 0 Å². The SMILES string of the molecule is Cc1ccc(-c2nc(CC(=O)NCC3(O)CCC3)cs2)cc1. The molecule has 0 bridgehead atoms. The Morgan fingerprint density at radius 3 is 2.73 bits per heavy atom. The van der Waals surface area contributed by atoms with Gasteiger partial charge in [0.15, 0.2) is 0 Å².